The molecule has 24 heavy (non-hydrogen) atoms. The van der Waals surface area contributed by atoms with Crippen LogP contribution in [0.5, 0.6) is 11.5 Å². The van der Waals surface area contributed by atoms with E-state index in [9.17, 15) is 4.79 Å². The van der Waals surface area contributed by atoms with Crippen molar-refractivity contribution in [2.24, 2.45) is 0 Å². The summed E-state index contributed by atoms with van der Waals surface area (Å²) in [6.07, 6.45) is 3.56. The largest absolute Gasteiger partial charge is 0.454 e. The summed E-state index contributed by atoms with van der Waals surface area (Å²) in [4.78, 5) is 19.2. The third-order valence-corrected chi connectivity index (χ3v) is 4.47. The molecule has 1 aromatic heterocycles. The summed E-state index contributed by atoms with van der Waals surface area (Å²) < 4.78 is 16.1. The minimum absolute atomic E-state index is 0.0470. The number of carbonyl (C=O) groups is 1. The van der Waals surface area contributed by atoms with Crippen molar-refractivity contribution in [1.29, 1.82) is 0 Å². The van der Waals surface area contributed by atoms with E-state index in [4.69, 9.17) is 14.0 Å². The van der Waals surface area contributed by atoms with Crippen LogP contribution >= 0.6 is 0 Å². The SMILES string of the molecule is CCc1noc([C@H]2CCCCN2C(=O)c2ccc3c(c2)OCO3)n1. The second kappa shape index (κ2) is 6.14. The number of aryl methyl sites for hydroxylation is 1. The normalized spacial score (nSPS) is 19.5. The summed E-state index contributed by atoms with van der Waals surface area (Å²) >= 11 is 0. The monoisotopic (exact) mass is 329 g/mol. The lowest BCUT2D eigenvalue weighted by Crippen LogP contribution is -2.38. The lowest BCUT2D eigenvalue weighted by Gasteiger charge is -2.33. The second-order valence-corrected chi connectivity index (χ2v) is 5.98. The minimum Gasteiger partial charge on any atom is -0.454 e. The zero-order chi connectivity index (χ0) is 16.5. The van der Waals surface area contributed by atoms with Crippen LogP contribution in [-0.2, 0) is 6.42 Å². The van der Waals surface area contributed by atoms with E-state index < -0.39 is 0 Å². The van der Waals surface area contributed by atoms with E-state index in [-0.39, 0.29) is 18.7 Å². The van der Waals surface area contributed by atoms with Gasteiger partial charge >= 0.3 is 0 Å². The molecule has 0 radical (unpaired) electrons. The van der Waals surface area contributed by atoms with Crippen molar-refractivity contribution in [3.63, 3.8) is 0 Å². The highest BCUT2D eigenvalue weighted by molar-refractivity contribution is 5.95. The summed E-state index contributed by atoms with van der Waals surface area (Å²) in [6.45, 7) is 2.86. The molecule has 0 unspecified atom stereocenters. The maximum Gasteiger partial charge on any atom is 0.254 e. The Kier molecular flexibility index (Phi) is 3.84. The Balaban J connectivity index is 1.61. The molecule has 2 aliphatic heterocycles. The van der Waals surface area contributed by atoms with Crippen molar-refractivity contribution < 1.29 is 18.8 Å². The standard InChI is InChI=1S/C17H19N3O4/c1-2-15-18-16(24-19-15)12-5-3-4-8-20(12)17(21)11-6-7-13-14(9-11)23-10-22-13/h6-7,9,12H,2-5,8,10H2,1H3/t12-/m1/s1. The van der Waals surface area contributed by atoms with Gasteiger partial charge in [0.15, 0.2) is 17.3 Å². The molecule has 1 atom stereocenters. The number of hydrogen-bond donors (Lipinski definition) is 0. The van der Waals surface area contributed by atoms with Crippen LogP contribution in [0.2, 0.25) is 0 Å². The number of ether oxygens (including phenoxy) is 2. The van der Waals surface area contributed by atoms with E-state index in [0.29, 0.717) is 41.7 Å². The number of piperidine rings is 1. The first-order valence-electron chi connectivity index (χ1n) is 8.29. The molecule has 7 nitrogen and oxygen atoms in total. The van der Waals surface area contributed by atoms with Crippen molar-refractivity contribution in [2.75, 3.05) is 13.3 Å². The van der Waals surface area contributed by atoms with E-state index >= 15 is 0 Å². The summed E-state index contributed by atoms with van der Waals surface area (Å²) in [7, 11) is 0. The van der Waals surface area contributed by atoms with Crippen LogP contribution in [0.4, 0.5) is 0 Å². The number of likely N-dealkylation sites (tertiary alicyclic amines) is 1. The Bertz CT molecular complexity index is 758. The smallest absolute Gasteiger partial charge is 0.254 e. The van der Waals surface area contributed by atoms with Crippen LogP contribution in [-0.4, -0.2) is 34.3 Å². The molecule has 1 saturated heterocycles. The molecule has 1 fully saturated rings. The van der Waals surface area contributed by atoms with E-state index in [1.165, 1.54) is 0 Å². The zero-order valence-corrected chi connectivity index (χ0v) is 13.5. The highest BCUT2D eigenvalue weighted by Gasteiger charge is 2.33. The van der Waals surface area contributed by atoms with Crippen LogP contribution in [0.1, 0.15) is 54.3 Å². The molecule has 7 heteroatoms. The number of benzene rings is 1. The number of aromatic nitrogens is 2. The molecule has 1 aromatic carbocycles. The van der Waals surface area contributed by atoms with Gasteiger partial charge in [0.1, 0.15) is 6.04 Å². The molecule has 0 spiro atoms. The Hall–Kier alpha value is -2.57. The Morgan fingerprint density at radius 3 is 3.00 bits per heavy atom. The first-order valence-corrected chi connectivity index (χ1v) is 8.29. The highest BCUT2D eigenvalue weighted by Crippen LogP contribution is 2.35. The lowest BCUT2D eigenvalue weighted by atomic mass is 10.0. The van der Waals surface area contributed by atoms with Gasteiger partial charge in [-0.15, -0.1) is 0 Å². The molecular formula is C17H19N3O4. The van der Waals surface area contributed by atoms with Gasteiger partial charge in [-0.2, -0.15) is 4.98 Å². The first-order chi connectivity index (χ1) is 11.8. The van der Waals surface area contributed by atoms with Gasteiger partial charge < -0.3 is 18.9 Å². The maximum absolute atomic E-state index is 13.0. The summed E-state index contributed by atoms with van der Waals surface area (Å²) in [5.74, 6) is 2.44. The Morgan fingerprint density at radius 1 is 1.29 bits per heavy atom. The van der Waals surface area contributed by atoms with Gasteiger partial charge in [-0.3, -0.25) is 4.79 Å². The van der Waals surface area contributed by atoms with Crippen molar-refractivity contribution in [2.45, 2.75) is 38.6 Å². The van der Waals surface area contributed by atoms with Gasteiger partial charge in [-0.1, -0.05) is 12.1 Å². The Morgan fingerprint density at radius 2 is 2.17 bits per heavy atom. The number of amides is 1. The van der Waals surface area contributed by atoms with Gasteiger partial charge in [0.05, 0.1) is 0 Å². The third kappa shape index (κ3) is 2.60. The molecule has 2 aliphatic rings. The van der Waals surface area contributed by atoms with Crippen LogP contribution in [0.3, 0.4) is 0 Å². The molecule has 1 amide bonds. The van der Waals surface area contributed by atoms with E-state index in [1.54, 1.807) is 18.2 Å². The van der Waals surface area contributed by atoms with Gasteiger partial charge in [-0.05, 0) is 37.5 Å². The maximum atomic E-state index is 13.0. The van der Waals surface area contributed by atoms with Gasteiger partial charge in [0, 0.05) is 18.5 Å². The summed E-state index contributed by atoms with van der Waals surface area (Å²) in [5.41, 5.74) is 0.585. The van der Waals surface area contributed by atoms with Crippen LogP contribution in [0.15, 0.2) is 22.7 Å². The van der Waals surface area contributed by atoms with E-state index in [0.717, 1.165) is 19.3 Å². The van der Waals surface area contributed by atoms with Crippen molar-refractivity contribution in [1.82, 2.24) is 15.0 Å². The van der Waals surface area contributed by atoms with Crippen LogP contribution in [0.25, 0.3) is 0 Å². The van der Waals surface area contributed by atoms with Gasteiger partial charge in [0.25, 0.3) is 5.91 Å². The van der Waals surface area contributed by atoms with Crippen molar-refractivity contribution in [3.05, 3.63) is 35.5 Å². The zero-order valence-electron chi connectivity index (χ0n) is 13.5. The quantitative estimate of drug-likeness (QED) is 0.861. The highest BCUT2D eigenvalue weighted by atomic mass is 16.7. The fraction of sp³-hybridized carbons (Fsp3) is 0.471. The molecule has 4 rings (SSSR count). The fourth-order valence-corrected chi connectivity index (χ4v) is 3.17. The van der Waals surface area contributed by atoms with Crippen molar-refractivity contribution >= 4 is 5.91 Å². The predicted octanol–water partition coefficient (Wildman–Crippen LogP) is 2.73. The molecular weight excluding hydrogens is 310 g/mol. The minimum atomic E-state index is -0.163. The number of fused-ring (bicyclic) bond motifs is 1. The Labute approximate surface area is 139 Å². The molecule has 3 heterocycles. The van der Waals surface area contributed by atoms with Gasteiger partial charge in [-0.25, -0.2) is 0 Å². The number of carbonyl (C=O) groups excluding carboxylic acids is 1. The number of rotatable bonds is 3. The average molecular weight is 329 g/mol. The molecule has 0 aliphatic carbocycles. The lowest BCUT2D eigenvalue weighted by molar-refractivity contribution is 0.0561. The fourth-order valence-electron chi connectivity index (χ4n) is 3.17. The molecule has 2 aromatic rings. The van der Waals surface area contributed by atoms with E-state index in [2.05, 4.69) is 10.1 Å². The molecule has 0 N–H and O–H groups in total. The first kappa shape index (κ1) is 15.0. The topological polar surface area (TPSA) is 77.7 Å². The van der Waals surface area contributed by atoms with Crippen LogP contribution < -0.4 is 9.47 Å². The second-order valence-electron chi connectivity index (χ2n) is 5.98. The summed E-state index contributed by atoms with van der Waals surface area (Å²) in [5, 5.41) is 3.96. The molecule has 0 saturated carbocycles. The predicted molar refractivity (Wildman–Crippen MR) is 83.9 cm³/mol. The summed E-state index contributed by atoms with van der Waals surface area (Å²) in [6, 6.07) is 5.12. The van der Waals surface area contributed by atoms with Crippen LogP contribution in [0, 0.1) is 0 Å². The van der Waals surface area contributed by atoms with E-state index in [1.807, 2.05) is 11.8 Å². The number of nitrogens with zero attached hydrogens (tertiary/aromatic N) is 3. The van der Waals surface area contributed by atoms with Gasteiger partial charge in [0.2, 0.25) is 12.7 Å². The molecule has 126 valence electrons. The molecule has 0 bridgehead atoms. The van der Waals surface area contributed by atoms with Crippen molar-refractivity contribution in [3.8, 4) is 11.5 Å². The third-order valence-electron chi connectivity index (χ3n) is 4.47. The average Bonchev–Trinajstić information content (AvgIpc) is 3.29. The number of hydrogen-bond acceptors (Lipinski definition) is 6.